The zero-order chi connectivity index (χ0) is 15.9. The van der Waals surface area contributed by atoms with Crippen molar-refractivity contribution in [2.24, 2.45) is 0 Å². The second-order valence-electron chi connectivity index (χ2n) is 6.12. The molecule has 1 heterocycles. The number of pyridine rings is 1. The van der Waals surface area contributed by atoms with Gasteiger partial charge in [0.25, 0.3) is 0 Å². The van der Waals surface area contributed by atoms with Crippen LogP contribution < -0.4 is 5.73 Å². The second-order valence-corrected chi connectivity index (χ2v) is 6.12. The Morgan fingerprint density at radius 2 is 1.82 bits per heavy atom. The van der Waals surface area contributed by atoms with Crippen molar-refractivity contribution in [2.75, 3.05) is 5.73 Å². The van der Waals surface area contributed by atoms with Crippen LogP contribution in [0, 0.1) is 6.92 Å². The molecule has 5 heteroatoms. The van der Waals surface area contributed by atoms with Crippen LogP contribution in [0.5, 0.6) is 0 Å². The van der Waals surface area contributed by atoms with E-state index in [-0.39, 0.29) is 5.69 Å². The lowest BCUT2D eigenvalue weighted by atomic mass is 9.80. The number of aryl methyl sites for hydroxylation is 1. The molecule has 0 aliphatic heterocycles. The Morgan fingerprint density at radius 1 is 1.14 bits per heavy atom. The summed E-state index contributed by atoms with van der Waals surface area (Å²) >= 11 is 0. The van der Waals surface area contributed by atoms with Gasteiger partial charge in [-0.3, -0.25) is 0 Å². The highest BCUT2D eigenvalue weighted by molar-refractivity contribution is 5.94. The van der Waals surface area contributed by atoms with Crippen molar-refractivity contribution in [3.05, 3.63) is 35.0 Å². The number of aromatic nitrogens is 1. The third-order valence-electron chi connectivity index (χ3n) is 4.57. The summed E-state index contributed by atoms with van der Waals surface area (Å²) in [6.07, 6.45) is 1.22. The lowest BCUT2D eigenvalue weighted by Crippen LogP contribution is -2.12. The number of nitrogens with zero attached hydrogens (tertiary/aromatic N) is 1. The molecule has 0 radical (unpaired) electrons. The number of alkyl halides is 3. The fourth-order valence-corrected chi connectivity index (χ4v) is 3.55. The van der Waals surface area contributed by atoms with Gasteiger partial charge in [0.05, 0.1) is 5.52 Å². The molecule has 118 valence electrons. The number of halogens is 3. The monoisotopic (exact) mass is 308 g/mol. The number of benzene rings is 1. The molecular formula is C17H19F3N2. The molecule has 3 rings (SSSR count). The number of fused-ring (bicyclic) bond motifs is 1. The van der Waals surface area contributed by atoms with Crippen LogP contribution in [0.2, 0.25) is 0 Å². The van der Waals surface area contributed by atoms with Crippen LogP contribution >= 0.6 is 0 Å². The van der Waals surface area contributed by atoms with Gasteiger partial charge >= 0.3 is 6.18 Å². The van der Waals surface area contributed by atoms with E-state index >= 15 is 0 Å². The maximum Gasteiger partial charge on any atom is 0.433 e. The first kappa shape index (κ1) is 15.1. The van der Waals surface area contributed by atoms with Gasteiger partial charge in [-0.25, -0.2) is 4.98 Å². The van der Waals surface area contributed by atoms with E-state index in [4.69, 9.17) is 5.73 Å². The van der Waals surface area contributed by atoms with Crippen LogP contribution in [-0.4, -0.2) is 4.98 Å². The number of nitrogen functional groups attached to an aromatic ring is 1. The van der Waals surface area contributed by atoms with Gasteiger partial charge in [-0.1, -0.05) is 25.3 Å². The number of hydrogen-bond acceptors (Lipinski definition) is 2. The van der Waals surface area contributed by atoms with E-state index in [1.54, 1.807) is 6.07 Å². The second kappa shape index (κ2) is 5.45. The molecule has 2 N–H and O–H groups in total. The molecule has 2 nitrogen and oxygen atoms in total. The van der Waals surface area contributed by atoms with Gasteiger partial charge in [0.15, 0.2) is 0 Å². The smallest absolute Gasteiger partial charge is 0.398 e. The van der Waals surface area contributed by atoms with Crippen LogP contribution in [0.4, 0.5) is 18.9 Å². The molecule has 0 spiro atoms. The van der Waals surface area contributed by atoms with Crippen molar-refractivity contribution in [3.63, 3.8) is 0 Å². The van der Waals surface area contributed by atoms with E-state index in [0.717, 1.165) is 42.9 Å². The predicted octanol–water partition coefficient (Wildman–Crippen LogP) is 5.19. The Kier molecular flexibility index (Phi) is 3.75. The number of anilines is 1. The molecule has 1 aliphatic rings. The highest BCUT2D eigenvalue weighted by Crippen LogP contribution is 2.41. The first-order valence-electron chi connectivity index (χ1n) is 7.65. The lowest BCUT2D eigenvalue weighted by molar-refractivity contribution is -0.140. The Hall–Kier alpha value is -1.78. The predicted molar refractivity (Wildman–Crippen MR) is 81.7 cm³/mol. The van der Waals surface area contributed by atoms with E-state index in [2.05, 4.69) is 4.98 Å². The fourth-order valence-electron chi connectivity index (χ4n) is 3.55. The van der Waals surface area contributed by atoms with E-state index in [1.165, 1.54) is 6.42 Å². The topological polar surface area (TPSA) is 38.9 Å². The minimum Gasteiger partial charge on any atom is -0.398 e. The van der Waals surface area contributed by atoms with Crippen LogP contribution in [0.25, 0.3) is 10.9 Å². The van der Waals surface area contributed by atoms with Gasteiger partial charge in [0.1, 0.15) is 5.69 Å². The Morgan fingerprint density at radius 3 is 2.45 bits per heavy atom. The summed E-state index contributed by atoms with van der Waals surface area (Å²) in [7, 11) is 0. The summed E-state index contributed by atoms with van der Waals surface area (Å²) in [5.74, 6) is 0.373. The van der Waals surface area contributed by atoms with E-state index in [9.17, 15) is 13.2 Å². The van der Waals surface area contributed by atoms with Crippen molar-refractivity contribution in [3.8, 4) is 0 Å². The average Bonchev–Trinajstić information content (AvgIpc) is 2.47. The molecule has 0 unspecified atom stereocenters. The zero-order valence-electron chi connectivity index (χ0n) is 12.5. The first-order chi connectivity index (χ1) is 10.4. The minimum atomic E-state index is -4.47. The average molecular weight is 308 g/mol. The van der Waals surface area contributed by atoms with Crippen molar-refractivity contribution < 1.29 is 13.2 Å². The van der Waals surface area contributed by atoms with Gasteiger partial charge in [-0.2, -0.15) is 13.2 Å². The lowest BCUT2D eigenvalue weighted by Gasteiger charge is -2.25. The molecule has 0 saturated heterocycles. The largest absolute Gasteiger partial charge is 0.433 e. The third-order valence-corrected chi connectivity index (χ3v) is 4.57. The van der Waals surface area contributed by atoms with E-state index < -0.39 is 11.9 Å². The van der Waals surface area contributed by atoms with E-state index in [1.807, 2.05) is 13.0 Å². The summed E-state index contributed by atoms with van der Waals surface area (Å²) in [4.78, 5) is 3.80. The molecule has 1 fully saturated rings. The highest BCUT2D eigenvalue weighted by atomic mass is 19.4. The summed E-state index contributed by atoms with van der Waals surface area (Å²) in [5.41, 5.74) is 7.78. The Labute approximate surface area is 127 Å². The van der Waals surface area contributed by atoms with Crippen LogP contribution in [0.1, 0.15) is 54.8 Å². The number of hydrogen-bond donors (Lipinski definition) is 1. The standard InChI is InChI=1S/C17H19F3N2/c1-10-7-8-13-16(15(10)11-5-3-2-4-6-11)12(21)9-14(22-13)17(18,19)20/h7-9,11H,2-6H2,1H3,(H2,21,22). The maximum absolute atomic E-state index is 12.9. The Bertz CT molecular complexity index is 701. The van der Waals surface area contributed by atoms with Gasteiger partial charge in [0, 0.05) is 11.1 Å². The summed E-state index contributed by atoms with van der Waals surface area (Å²) in [6, 6.07) is 4.47. The molecule has 22 heavy (non-hydrogen) atoms. The SMILES string of the molecule is Cc1ccc2nc(C(F)(F)F)cc(N)c2c1C1CCCCC1. The Balaban J connectivity index is 2.21. The van der Waals surface area contributed by atoms with Crippen molar-refractivity contribution in [1.82, 2.24) is 4.98 Å². The quantitative estimate of drug-likeness (QED) is 0.787. The fraction of sp³-hybridized carbons (Fsp3) is 0.471. The summed E-state index contributed by atoms with van der Waals surface area (Å²) in [6.45, 7) is 2.00. The first-order valence-corrected chi connectivity index (χ1v) is 7.65. The molecule has 1 aromatic heterocycles. The van der Waals surface area contributed by atoms with Crippen LogP contribution in [0.15, 0.2) is 18.2 Å². The zero-order valence-corrected chi connectivity index (χ0v) is 12.5. The van der Waals surface area contributed by atoms with E-state index in [0.29, 0.717) is 16.8 Å². The molecule has 0 atom stereocenters. The number of rotatable bonds is 1. The van der Waals surface area contributed by atoms with Gasteiger partial charge in [-0.05, 0) is 48.9 Å². The molecule has 0 bridgehead atoms. The normalized spacial score (nSPS) is 17.1. The molecule has 1 saturated carbocycles. The summed E-state index contributed by atoms with van der Waals surface area (Å²) < 4.78 is 38.7. The van der Waals surface area contributed by atoms with Crippen molar-refractivity contribution in [1.29, 1.82) is 0 Å². The molecular weight excluding hydrogens is 289 g/mol. The molecule has 1 aromatic carbocycles. The highest BCUT2D eigenvalue weighted by Gasteiger charge is 2.33. The third kappa shape index (κ3) is 2.64. The molecule has 0 amide bonds. The molecule has 2 aromatic rings. The van der Waals surface area contributed by atoms with Crippen LogP contribution in [0.3, 0.4) is 0 Å². The van der Waals surface area contributed by atoms with Crippen molar-refractivity contribution >= 4 is 16.6 Å². The van der Waals surface area contributed by atoms with Crippen molar-refractivity contribution in [2.45, 2.75) is 51.1 Å². The minimum absolute atomic E-state index is 0.182. The maximum atomic E-state index is 12.9. The number of nitrogens with two attached hydrogens (primary N) is 1. The van der Waals surface area contributed by atoms with Gasteiger partial charge in [0.2, 0.25) is 0 Å². The van der Waals surface area contributed by atoms with Gasteiger partial charge < -0.3 is 5.73 Å². The summed E-state index contributed by atoms with van der Waals surface area (Å²) in [5, 5.41) is 0.708. The van der Waals surface area contributed by atoms with Gasteiger partial charge in [-0.15, -0.1) is 0 Å². The van der Waals surface area contributed by atoms with Crippen LogP contribution in [-0.2, 0) is 6.18 Å². The molecule has 1 aliphatic carbocycles.